The molecule has 1 aliphatic rings. The van der Waals surface area contributed by atoms with Crippen molar-refractivity contribution >= 4 is 39.1 Å². The number of para-hydroxylation sites is 1. The van der Waals surface area contributed by atoms with Crippen LogP contribution in [0.15, 0.2) is 108 Å². The molecule has 4 aromatic carbocycles. The van der Waals surface area contributed by atoms with Crippen LogP contribution < -0.4 is 9.04 Å². The Morgan fingerprint density at radius 2 is 1.29 bits per heavy atom. The van der Waals surface area contributed by atoms with Crippen LogP contribution in [0.25, 0.3) is 0 Å². The second kappa shape index (κ2) is 12.7. The van der Waals surface area contributed by atoms with Crippen molar-refractivity contribution in [2.24, 2.45) is 0 Å². The highest BCUT2D eigenvalue weighted by Gasteiger charge is 2.29. The Hall–Kier alpha value is -4.34. The lowest BCUT2D eigenvalue weighted by Gasteiger charge is -2.35. The summed E-state index contributed by atoms with van der Waals surface area (Å²) < 4.78 is 33.6. The summed E-state index contributed by atoms with van der Waals surface area (Å²) in [6, 6.07) is 29.7. The first-order chi connectivity index (χ1) is 20.2. The van der Waals surface area contributed by atoms with Crippen LogP contribution in [0.2, 0.25) is 5.02 Å². The summed E-state index contributed by atoms with van der Waals surface area (Å²) >= 11 is 6.29. The molecule has 0 aromatic heterocycles. The van der Waals surface area contributed by atoms with Gasteiger partial charge in [-0.1, -0.05) is 60.1 Å². The Labute approximate surface area is 250 Å². The third-order valence-electron chi connectivity index (χ3n) is 7.14. The van der Waals surface area contributed by atoms with Crippen LogP contribution in [0.3, 0.4) is 0 Å². The molecule has 216 valence electrons. The smallest absolute Gasteiger partial charge is 0.265 e. The SMILES string of the molecule is CN(c1ccccc1)S(=O)(=O)c1cc(C(=O)N2CCN(C(=O)c3ccc(OCc4ccccc4)cc3)CC2)ccc1Cl. The van der Waals surface area contributed by atoms with Gasteiger partial charge in [0.2, 0.25) is 0 Å². The zero-order valence-electron chi connectivity index (χ0n) is 23.0. The number of ether oxygens (including phenoxy) is 1. The van der Waals surface area contributed by atoms with Gasteiger partial charge in [-0.25, -0.2) is 8.42 Å². The van der Waals surface area contributed by atoms with Crippen LogP contribution in [-0.4, -0.2) is 63.3 Å². The van der Waals surface area contributed by atoms with E-state index in [9.17, 15) is 18.0 Å². The molecule has 0 aliphatic carbocycles. The summed E-state index contributed by atoms with van der Waals surface area (Å²) in [4.78, 5) is 29.6. The van der Waals surface area contributed by atoms with Crippen LogP contribution in [0, 0.1) is 0 Å². The number of amides is 2. The minimum atomic E-state index is -4.01. The number of sulfonamides is 1. The minimum absolute atomic E-state index is 0.0289. The number of carbonyl (C=O) groups is 2. The molecule has 0 radical (unpaired) electrons. The molecule has 5 rings (SSSR count). The summed E-state index contributed by atoms with van der Waals surface area (Å²) in [7, 11) is -2.57. The maximum Gasteiger partial charge on any atom is 0.265 e. The molecule has 42 heavy (non-hydrogen) atoms. The van der Waals surface area contributed by atoms with E-state index in [1.165, 1.54) is 25.2 Å². The van der Waals surface area contributed by atoms with Crippen LogP contribution >= 0.6 is 11.6 Å². The van der Waals surface area contributed by atoms with Crippen LogP contribution in [-0.2, 0) is 16.6 Å². The lowest BCUT2D eigenvalue weighted by molar-refractivity contribution is 0.0535. The molecule has 4 aromatic rings. The fourth-order valence-electron chi connectivity index (χ4n) is 4.67. The Morgan fingerprint density at radius 3 is 1.88 bits per heavy atom. The van der Waals surface area contributed by atoms with Gasteiger partial charge < -0.3 is 14.5 Å². The van der Waals surface area contributed by atoms with Crippen molar-refractivity contribution in [3.63, 3.8) is 0 Å². The molecular formula is C32H30ClN3O5S. The van der Waals surface area contributed by atoms with Gasteiger partial charge in [-0.3, -0.25) is 13.9 Å². The van der Waals surface area contributed by atoms with Gasteiger partial charge >= 0.3 is 0 Å². The molecule has 2 amide bonds. The quantitative estimate of drug-likeness (QED) is 0.271. The zero-order valence-corrected chi connectivity index (χ0v) is 24.6. The van der Waals surface area contributed by atoms with Crippen LogP contribution in [0.5, 0.6) is 5.75 Å². The van der Waals surface area contributed by atoms with Crippen molar-refractivity contribution in [2.75, 3.05) is 37.5 Å². The first-order valence-corrected chi connectivity index (χ1v) is 15.2. The predicted octanol–water partition coefficient (Wildman–Crippen LogP) is 5.34. The van der Waals surface area contributed by atoms with Gasteiger partial charge in [-0.05, 0) is 60.2 Å². The van der Waals surface area contributed by atoms with E-state index in [2.05, 4.69) is 0 Å². The molecule has 0 unspecified atom stereocenters. The van der Waals surface area contributed by atoms with E-state index in [-0.39, 0.29) is 27.3 Å². The molecule has 8 nitrogen and oxygen atoms in total. The summed E-state index contributed by atoms with van der Waals surface area (Å²) in [6.45, 7) is 1.78. The fourth-order valence-corrected chi connectivity index (χ4v) is 6.37. The highest BCUT2D eigenvalue weighted by molar-refractivity contribution is 7.93. The van der Waals surface area contributed by atoms with Crippen molar-refractivity contribution in [1.82, 2.24) is 9.80 Å². The number of carbonyl (C=O) groups excluding carboxylic acids is 2. The Kier molecular flexibility index (Phi) is 8.80. The van der Waals surface area contributed by atoms with E-state index in [4.69, 9.17) is 16.3 Å². The fraction of sp³-hybridized carbons (Fsp3) is 0.188. The zero-order chi connectivity index (χ0) is 29.7. The first kappa shape index (κ1) is 29.2. The number of hydrogen-bond donors (Lipinski definition) is 0. The average Bonchev–Trinajstić information content (AvgIpc) is 3.04. The Morgan fingerprint density at radius 1 is 0.762 bits per heavy atom. The van der Waals surface area contributed by atoms with Gasteiger partial charge in [-0.15, -0.1) is 0 Å². The van der Waals surface area contributed by atoms with Crippen LogP contribution in [0.1, 0.15) is 26.3 Å². The molecule has 1 aliphatic heterocycles. The molecule has 0 N–H and O–H groups in total. The van der Waals surface area contributed by atoms with Crippen molar-refractivity contribution in [2.45, 2.75) is 11.5 Å². The average molecular weight is 604 g/mol. The molecular weight excluding hydrogens is 574 g/mol. The lowest BCUT2D eigenvalue weighted by Crippen LogP contribution is -2.50. The molecule has 0 bridgehead atoms. The number of rotatable bonds is 8. The standard InChI is InChI=1S/C32H30ClN3O5S/c1-34(27-10-6-3-7-11-27)42(39,40)30-22-26(14-17-29(30)33)32(38)36-20-18-35(19-21-36)31(37)25-12-15-28(16-13-25)41-23-24-8-4-2-5-9-24/h2-17,22H,18-21,23H2,1H3. The van der Waals surface area contributed by atoms with Crippen molar-refractivity contribution < 1.29 is 22.7 Å². The third kappa shape index (κ3) is 6.42. The molecule has 1 heterocycles. The number of benzene rings is 4. The first-order valence-electron chi connectivity index (χ1n) is 13.4. The van der Waals surface area contributed by atoms with Crippen molar-refractivity contribution in [1.29, 1.82) is 0 Å². The number of halogens is 1. The summed E-state index contributed by atoms with van der Waals surface area (Å²) in [5, 5.41) is 0.0289. The molecule has 1 saturated heterocycles. The minimum Gasteiger partial charge on any atom is -0.489 e. The van der Waals surface area contributed by atoms with Crippen molar-refractivity contribution in [3.8, 4) is 5.75 Å². The molecule has 0 spiro atoms. The van der Waals surface area contributed by atoms with Crippen molar-refractivity contribution in [3.05, 3.63) is 125 Å². The van der Waals surface area contributed by atoms with E-state index < -0.39 is 10.0 Å². The summed E-state index contributed by atoms with van der Waals surface area (Å²) in [6.07, 6.45) is 0. The van der Waals surface area contributed by atoms with Gasteiger partial charge in [0.15, 0.2) is 0 Å². The molecule has 0 atom stereocenters. The van der Waals surface area contributed by atoms with E-state index in [1.54, 1.807) is 64.4 Å². The number of hydrogen-bond acceptors (Lipinski definition) is 5. The van der Waals surface area contributed by atoms with E-state index in [0.29, 0.717) is 49.8 Å². The largest absolute Gasteiger partial charge is 0.489 e. The highest BCUT2D eigenvalue weighted by atomic mass is 35.5. The van der Waals surface area contributed by atoms with Crippen LogP contribution in [0.4, 0.5) is 5.69 Å². The normalized spacial score (nSPS) is 13.5. The van der Waals surface area contributed by atoms with E-state index in [0.717, 1.165) is 9.87 Å². The topological polar surface area (TPSA) is 87.2 Å². The van der Waals surface area contributed by atoms with Gasteiger partial charge in [0, 0.05) is 44.4 Å². The van der Waals surface area contributed by atoms with E-state index in [1.807, 2.05) is 30.3 Å². The van der Waals surface area contributed by atoms with Gasteiger partial charge in [0.05, 0.1) is 10.7 Å². The molecule has 0 saturated carbocycles. The summed E-state index contributed by atoms with van der Waals surface area (Å²) in [5.41, 5.74) is 2.28. The van der Waals surface area contributed by atoms with E-state index >= 15 is 0 Å². The Bertz CT molecular complexity index is 1660. The number of piperazine rings is 1. The van der Waals surface area contributed by atoms with Gasteiger partial charge in [-0.2, -0.15) is 0 Å². The lowest BCUT2D eigenvalue weighted by atomic mass is 10.1. The summed E-state index contributed by atoms with van der Waals surface area (Å²) in [5.74, 6) is 0.225. The number of nitrogens with zero attached hydrogens (tertiary/aromatic N) is 3. The predicted molar refractivity (Wildman–Crippen MR) is 163 cm³/mol. The maximum absolute atomic E-state index is 13.3. The third-order valence-corrected chi connectivity index (χ3v) is 9.41. The second-order valence-electron chi connectivity index (χ2n) is 9.84. The highest BCUT2D eigenvalue weighted by Crippen LogP contribution is 2.29. The molecule has 10 heteroatoms. The van der Waals surface area contributed by atoms with Gasteiger partial charge in [0.25, 0.3) is 21.8 Å². The second-order valence-corrected chi connectivity index (χ2v) is 12.2. The monoisotopic (exact) mass is 603 g/mol. The number of anilines is 1. The molecule has 1 fully saturated rings. The maximum atomic E-state index is 13.3. The Balaban J connectivity index is 1.20. The van der Waals surface area contributed by atoms with Gasteiger partial charge in [0.1, 0.15) is 17.3 Å².